The topological polar surface area (TPSA) is 56.0 Å². The lowest BCUT2D eigenvalue weighted by atomic mass is 10.5. The van der Waals surface area contributed by atoms with Crippen molar-refractivity contribution in [2.45, 2.75) is 10.9 Å². The lowest BCUT2D eigenvalue weighted by molar-refractivity contribution is 0.965. The van der Waals surface area contributed by atoms with Gasteiger partial charge in [-0.2, -0.15) is 0 Å². The fraction of sp³-hybridized carbons (Fsp3) is 0.0909. The Balaban J connectivity index is 1.85. The molecule has 3 aromatic rings. The van der Waals surface area contributed by atoms with Crippen LogP contribution in [-0.4, -0.2) is 24.3 Å². The molecule has 90 valence electrons. The maximum absolute atomic E-state index is 4.46. The molecule has 0 radical (unpaired) electrons. The van der Waals surface area contributed by atoms with Crippen molar-refractivity contribution < 1.29 is 0 Å². The van der Waals surface area contributed by atoms with E-state index in [2.05, 4.69) is 35.9 Å². The van der Waals surface area contributed by atoms with Crippen LogP contribution < -0.4 is 0 Å². The monoisotopic (exact) mass is 321 g/mol. The van der Waals surface area contributed by atoms with E-state index in [1.165, 1.54) is 0 Å². The number of thioether (sulfide) groups is 1. The summed E-state index contributed by atoms with van der Waals surface area (Å²) in [5, 5.41) is 0.745. The molecular formula is C11H8BrN5S. The average Bonchev–Trinajstić information content (AvgIpc) is 2.75. The standard InChI is InChI=1S/C11H8BrN5S/c12-9-8(7-18-11-14-3-1-4-15-11)16-10-13-5-2-6-17(9)10/h1-6H,7H2. The highest BCUT2D eigenvalue weighted by molar-refractivity contribution is 9.10. The van der Waals surface area contributed by atoms with E-state index in [9.17, 15) is 0 Å². The number of rotatable bonds is 3. The molecule has 0 fully saturated rings. The van der Waals surface area contributed by atoms with E-state index in [1.54, 1.807) is 36.4 Å². The minimum Gasteiger partial charge on any atom is -0.278 e. The molecule has 0 unspecified atom stereocenters. The molecule has 0 aromatic carbocycles. The summed E-state index contributed by atoms with van der Waals surface area (Å²) in [6.07, 6.45) is 7.11. The highest BCUT2D eigenvalue weighted by Crippen LogP contribution is 2.24. The number of halogens is 1. The summed E-state index contributed by atoms with van der Waals surface area (Å²) in [4.78, 5) is 17.0. The van der Waals surface area contributed by atoms with Crippen LogP contribution in [0.1, 0.15) is 5.69 Å². The van der Waals surface area contributed by atoms with Gasteiger partial charge in [-0.15, -0.1) is 0 Å². The molecule has 0 bridgehead atoms. The van der Waals surface area contributed by atoms with E-state index in [0.29, 0.717) is 11.5 Å². The molecule has 0 aliphatic heterocycles. The first-order chi connectivity index (χ1) is 8.84. The summed E-state index contributed by atoms with van der Waals surface area (Å²) >= 11 is 5.08. The van der Waals surface area contributed by atoms with Crippen molar-refractivity contribution in [1.29, 1.82) is 0 Å². The van der Waals surface area contributed by atoms with Crippen LogP contribution in [0.2, 0.25) is 0 Å². The lowest BCUT2D eigenvalue weighted by Crippen LogP contribution is -1.87. The van der Waals surface area contributed by atoms with Crippen molar-refractivity contribution in [3.8, 4) is 0 Å². The Hall–Kier alpha value is -1.47. The molecule has 0 aliphatic carbocycles. The minimum atomic E-state index is 0.689. The third-order valence-electron chi connectivity index (χ3n) is 2.29. The van der Waals surface area contributed by atoms with Gasteiger partial charge in [-0.25, -0.2) is 19.9 Å². The van der Waals surface area contributed by atoms with Crippen LogP contribution in [0.3, 0.4) is 0 Å². The summed E-state index contributed by atoms with van der Waals surface area (Å²) in [5.74, 6) is 1.39. The maximum atomic E-state index is 4.46. The van der Waals surface area contributed by atoms with Crippen molar-refractivity contribution >= 4 is 33.5 Å². The van der Waals surface area contributed by atoms with Gasteiger partial charge in [0.2, 0.25) is 5.78 Å². The van der Waals surface area contributed by atoms with Crippen LogP contribution in [-0.2, 0) is 5.75 Å². The van der Waals surface area contributed by atoms with Crippen molar-refractivity contribution in [2.75, 3.05) is 0 Å². The molecule has 3 rings (SSSR count). The Morgan fingerprint density at radius 3 is 2.67 bits per heavy atom. The first-order valence-electron chi connectivity index (χ1n) is 5.22. The van der Waals surface area contributed by atoms with Gasteiger partial charge < -0.3 is 0 Å². The summed E-state index contributed by atoms with van der Waals surface area (Å²) in [6.45, 7) is 0. The summed E-state index contributed by atoms with van der Waals surface area (Å²) in [5.41, 5.74) is 0.936. The van der Waals surface area contributed by atoms with Gasteiger partial charge in [0.1, 0.15) is 4.60 Å². The number of fused-ring (bicyclic) bond motifs is 1. The van der Waals surface area contributed by atoms with Crippen LogP contribution in [0.25, 0.3) is 5.78 Å². The molecule has 7 heteroatoms. The van der Waals surface area contributed by atoms with Gasteiger partial charge in [0, 0.05) is 30.5 Å². The van der Waals surface area contributed by atoms with Gasteiger partial charge in [-0.3, -0.25) is 4.40 Å². The third kappa shape index (κ3) is 2.23. The van der Waals surface area contributed by atoms with Crippen LogP contribution in [0, 0.1) is 0 Å². The summed E-state index contributed by atoms with van der Waals surface area (Å²) in [6, 6.07) is 3.67. The first kappa shape index (κ1) is 11.6. The van der Waals surface area contributed by atoms with Crippen LogP contribution >= 0.6 is 27.7 Å². The summed E-state index contributed by atoms with van der Waals surface area (Å²) in [7, 11) is 0. The Kier molecular flexibility index (Phi) is 3.24. The molecule has 0 atom stereocenters. The van der Waals surface area contributed by atoms with Gasteiger partial charge in [0.15, 0.2) is 5.16 Å². The molecular weight excluding hydrogens is 314 g/mol. The van der Waals surface area contributed by atoms with E-state index >= 15 is 0 Å². The van der Waals surface area contributed by atoms with E-state index < -0.39 is 0 Å². The first-order valence-corrected chi connectivity index (χ1v) is 7.00. The number of aromatic nitrogens is 5. The molecule has 0 saturated heterocycles. The smallest absolute Gasteiger partial charge is 0.234 e. The zero-order chi connectivity index (χ0) is 12.4. The Labute approximate surface area is 116 Å². The van der Waals surface area contributed by atoms with Crippen molar-refractivity contribution in [2.24, 2.45) is 0 Å². The van der Waals surface area contributed by atoms with E-state index in [1.807, 2.05) is 16.7 Å². The summed E-state index contributed by atoms with van der Waals surface area (Å²) < 4.78 is 2.83. The van der Waals surface area contributed by atoms with Crippen molar-refractivity contribution in [3.63, 3.8) is 0 Å². The predicted molar refractivity (Wildman–Crippen MR) is 72.3 cm³/mol. The zero-order valence-electron chi connectivity index (χ0n) is 9.19. The molecule has 0 saturated carbocycles. The van der Waals surface area contributed by atoms with E-state index in [0.717, 1.165) is 15.5 Å². The van der Waals surface area contributed by atoms with Gasteiger partial charge in [0.25, 0.3) is 0 Å². The quantitative estimate of drug-likeness (QED) is 0.548. The molecule has 3 heterocycles. The average molecular weight is 322 g/mol. The maximum Gasteiger partial charge on any atom is 0.234 e. The van der Waals surface area contributed by atoms with Gasteiger partial charge >= 0.3 is 0 Å². The Morgan fingerprint density at radius 2 is 1.89 bits per heavy atom. The SMILES string of the molecule is Brc1c(CSc2ncccn2)nc2ncccn12. The van der Waals surface area contributed by atoms with Gasteiger partial charge in [0.05, 0.1) is 5.69 Å². The number of hydrogen-bond donors (Lipinski definition) is 0. The highest BCUT2D eigenvalue weighted by Gasteiger charge is 2.10. The fourth-order valence-corrected chi connectivity index (χ4v) is 2.92. The molecule has 0 amide bonds. The van der Waals surface area contributed by atoms with Gasteiger partial charge in [-0.1, -0.05) is 11.8 Å². The van der Waals surface area contributed by atoms with Crippen molar-refractivity contribution in [1.82, 2.24) is 24.3 Å². The van der Waals surface area contributed by atoms with Crippen LogP contribution in [0.15, 0.2) is 46.7 Å². The third-order valence-corrected chi connectivity index (χ3v) is 4.02. The second-order valence-corrected chi connectivity index (χ2v) is 5.15. The second kappa shape index (κ2) is 5.03. The zero-order valence-corrected chi connectivity index (χ0v) is 11.6. The van der Waals surface area contributed by atoms with Crippen LogP contribution in [0.4, 0.5) is 0 Å². The predicted octanol–water partition coefficient (Wildman–Crippen LogP) is 2.57. The number of imidazole rings is 1. The molecule has 18 heavy (non-hydrogen) atoms. The van der Waals surface area contributed by atoms with Crippen molar-refractivity contribution in [3.05, 3.63) is 47.2 Å². The Morgan fingerprint density at radius 1 is 1.11 bits per heavy atom. The normalized spacial score (nSPS) is 10.9. The molecule has 3 aromatic heterocycles. The van der Waals surface area contributed by atoms with E-state index in [4.69, 9.17) is 0 Å². The highest BCUT2D eigenvalue weighted by atomic mass is 79.9. The number of hydrogen-bond acceptors (Lipinski definition) is 5. The Bertz CT molecular complexity index is 670. The largest absolute Gasteiger partial charge is 0.278 e. The minimum absolute atomic E-state index is 0.689. The van der Waals surface area contributed by atoms with Crippen LogP contribution in [0.5, 0.6) is 0 Å². The fourth-order valence-electron chi connectivity index (χ4n) is 1.49. The molecule has 5 nitrogen and oxygen atoms in total. The molecule has 0 N–H and O–H groups in total. The number of nitrogens with zero attached hydrogens (tertiary/aromatic N) is 5. The molecule has 0 aliphatic rings. The molecule has 0 spiro atoms. The lowest BCUT2D eigenvalue weighted by Gasteiger charge is -1.97. The second-order valence-electron chi connectivity index (χ2n) is 3.46. The van der Waals surface area contributed by atoms with E-state index in [-0.39, 0.29) is 0 Å². The van der Waals surface area contributed by atoms with Gasteiger partial charge in [-0.05, 0) is 28.1 Å².